The molecule has 0 N–H and O–H groups in total. The van der Waals surface area contributed by atoms with E-state index in [0.717, 1.165) is 51.4 Å². The maximum atomic E-state index is 9.85. The summed E-state index contributed by atoms with van der Waals surface area (Å²) in [7, 11) is 0. The molecule has 0 aliphatic carbocycles. The topological polar surface area (TPSA) is 80.3 Å². The zero-order valence-corrected chi connectivity index (χ0v) is 14.7. The van der Waals surface area contributed by atoms with Gasteiger partial charge in [0.2, 0.25) is 0 Å². The second-order valence-electron chi connectivity index (χ2n) is 4.37. The zero-order valence-electron chi connectivity index (χ0n) is 12.2. The van der Waals surface area contributed by atoms with Gasteiger partial charge in [0.05, 0.1) is 0 Å². The fraction of sp³-hybridized carbons (Fsp3) is 0.857. The molecule has 4 nitrogen and oxygen atoms in total. The Labute approximate surface area is 136 Å². The number of unbranched alkanes of at least 4 members (excludes halogenated alkanes) is 6. The van der Waals surface area contributed by atoms with Crippen molar-refractivity contribution in [2.45, 2.75) is 78.1 Å². The van der Waals surface area contributed by atoms with Gasteiger partial charge in [-0.25, -0.2) is 0 Å². The predicted octanol–water partition coefficient (Wildman–Crippen LogP) is 1.41. The normalized spacial score (nSPS) is 8.95. The number of carboxylic acids is 2. The molecule has 0 aliphatic heterocycles. The molecule has 0 aromatic carbocycles. The summed E-state index contributed by atoms with van der Waals surface area (Å²) in [5, 5.41) is 19.7. The molecular formula is C14H26O4Zr. The van der Waals surface area contributed by atoms with Crippen molar-refractivity contribution in [2.24, 2.45) is 0 Å². The molecule has 0 unspecified atom stereocenters. The number of carbonyl (C=O) groups excluding carboxylic acids is 2. The summed E-state index contributed by atoms with van der Waals surface area (Å²) in [4.78, 5) is 19.7. The van der Waals surface area contributed by atoms with Crippen molar-refractivity contribution in [3.05, 3.63) is 0 Å². The van der Waals surface area contributed by atoms with Gasteiger partial charge in [0.25, 0.3) is 0 Å². The van der Waals surface area contributed by atoms with Crippen LogP contribution in [-0.2, 0) is 35.8 Å². The van der Waals surface area contributed by atoms with Crippen molar-refractivity contribution in [2.75, 3.05) is 0 Å². The Hall–Kier alpha value is -0.177. The third-order valence-corrected chi connectivity index (χ3v) is 2.47. The number of rotatable bonds is 10. The molecule has 0 aliphatic rings. The number of carboxylic acid groups (broad SMARTS) is 2. The SMILES string of the molecule is CCCCCCC(=O)[O-].CCCCCCC(=O)[O-].[Zr+2]. The van der Waals surface area contributed by atoms with E-state index >= 15 is 0 Å². The number of hydrogen-bond donors (Lipinski definition) is 0. The molecule has 0 saturated carbocycles. The van der Waals surface area contributed by atoms with E-state index in [4.69, 9.17) is 0 Å². The van der Waals surface area contributed by atoms with Crippen molar-refractivity contribution in [1.29, 1.82) is 0 Å². The number of hydrogen-bond acceptors (Lipinski definition) is 4. The summed E-state index contributed by atoms with van der Waals surface area (Å²) < 4.78 is 0. The third-order valence-electron chi connectivity index (χ3n) is 2.47. The minimum Gasteiger partial charge on any atom is -0.550 e. The smallest absolute Gasteiger partial charge is 0.550 e. The molecule has 0 spiro atoms. The van der Waals surface area contributed by atoms with Gasteiger partial charge in [-0.05, 0) is 25.7 Å². The minimum absolute atomic E-state index is 0. The predicted molar refractivity (Wildman–Crippen MR) is 67.5 cm³/mol. The van der Waals surface area contributed by atoms with E-state index in [1.165, 1.54) is 0 Å². The Bertz CT molecular complexity index is 186. The molecule has 0 amide bonds. The molecule has 0 radical (unpaired) electrons. The van der Waals surface area contributed by atoms with Crippen LogP contribution in [-0.4, -0.2) is 11.9 Å². The molecule has 0 aromatic heterocycles. The fourth-order valence-corrected chi connectivity index (χ4v) is 1.39. The van der Waals surface area contributed by atoms with E-state index < -0.39 is 11.9 Å². The summed E-state index contributed by atoms with van der Waals surface area (Å²) >= 11 is 0. The first-order valence-corrected chi connectivity index (χ1v) is 6.94. The first-order chi connectivity index (χ1) is 8.54. The molecular weight excluding hydrogens is 323 g/mol. The van der Waals surface area contributed by atoms with Crippen LogP contribution in [0.3, 0.4) is 0 Å². The van der Waals surface area contributed by atoms with Crippen LogP contribution < -0.4 is 10.2 Å². The van der Waals surface area contributed by atoms with Crippen LogP contribution in [0.2, 0.25) is 0 Å². The molecule has 0 rings (SSSR count). The zero-order chi connectivity index (χ0) is 14.2. The maximum Gasteiger partial charge on any atom is 2.00 e. The fourth-order valence-electron chi connectivity index (χ4n) is 1.39. The van der Waals surface area contributed by atoms with Gasteiger partial charge in [-0.1, -0.05) is 52.4 Å². The van der Waals surface area contributed by atoms with Crippen molar-refractivity contribution in [3.63, 3.8) is 0 Å². The summed E-state index contributed by atoms with van der Waals surface area (Å²) in [6.45, 7) is 4.19. The molecule has 0 bridgehead atoms. The summed E-state index contributed by atoms with van der Waals surface area (Å²) in [6, 6.07) is 0. The standard InChI is InChI=1S/2C7H14O2.Zr/c2*1-2-3-4-5-6-7(8)9;/h2*2-6H2,1H3,(H,8,9);/q;;+2/p-2. The third kappa shape index (κ3) is 31.9. The van der Waals surface area contributed by atoms with Crippen molar-refractivity contribution in [1.82, 2.24) is 0 Å². The van der Waals surface area contributed by atoms with Crippen molar-refractivity contribution in [3.8, 4) is 0 Å². The summed E-state index contributed by atoms with van der Waals surface area (Å²) in [5.41, 5.74) is 0. The Kier molecular flexibility index (Phi) is 25.3. The first-order valence-electron chi connectivity index (χ1n) is 6.94. The molecule has 0 saturated heterocycles. The van der Waals surface area contributed by atoms with Gasteiger partial charge in [-0.2, -0.15) is 0 Å². The monoisotopic (exact) mass is 348 g/mol. The van der Waals surface area contributed by atoms with Gasteiger partial charge in [0, 0.05) is 11.9 Å². The molecule has 0 fully saturated rings. The van der Waals surface area contributed by atoms with Crippen LogP contribution in [0, 0.1) is 0 Å². The van der Waals surface area contributed by atoms with Crippen molar-refractivity contribution < 1.29 is 46.0 Å². The van der Waals surface area contributed by atoms with E-state index in [-0.39, 0.29) is 39.0 Å². The maximum absolute atomic E-state index is 9.85. The van der Waals surface area contributed by atoms with Gasteiger partial charge >= 0.3 is 26.2 Å². The van der Waals surface area contributed by atoms with Crippen LogP contribution in [0.25, 0.3) is 0 Å². The van der Waals surface area contributed by atoms with Gasteiger partial charge < -0.3 is 19.8 Å². The molecule has 5 heteroatoms. The second kappa shape index (κ2) is 20.1. The molecule has 0 heterocycles. The van der Waals surface area contributed by atoms with E-state index in [2.05, 4.69) is 13.8 Å². The van der Waals surface area contributed by atoms with Gasteiger partial charge in [-0.3, -0.25) is 0 Å². The summed E-state index contributed by atoms with van der Waals surface area (Å²) in [5.74, 6) is -1.85. The molecule has 0 atom stereocenters. The quantitative estimate of drug-likeness (QED) is 0.559. The van der Waals surface area contributed by atoms with Crippen LogP contribution in [0.1, 0.15) is 78.1 Å². The molecule has 110 valence electrons. The average molecular weight is 350 g/mol. The van der Waals surface area contributed by atoms with Gasteiger partial charge in [-0.15, -0.1) is 0 Å². The Balaban J connectivity index is -0.000000256. The van der Waals surface area contributed by atoms with E-state index in [1.54, 1.807) is 0 Å². The van der Waals surface area contributed by atoms with Crippen LogP contribution in [0.15, 0.2) is 0 Å². The van der Waals surface area contributed by atoms with Crippen LogP contribution in [0.5, 0.6) is 0 Å². The molecule has 19 heavy (non-hydrogen) atoms. The Morgan fingerprint density at radius 2 is 1.00 bits per heavy atom. The van der Waals surface area contributed by atoms with Crippen LogP contribution in [0.4, 0.5) is 0 Å². The number of aliphatic carboxylic acids is 2. The van der Waals surface area contributed by atoms with Crippen molar-refractivity contribution >= 4 is 11.9 Å². The van der Waals surface area contributed by atoms with Crippen LogP contribution >= 0.6 is 0 Å². The van der Waals surface area contributed by atoms with E-state index in [1.807, 2.05) is 0 Å². The Morgan fingerprint density at radius 1 is 0.684 bits per heavy atom. The minimum atomic E-state index is -0.925. The molecule has 0 aromatic rings. The largest absolute Gasteiger partial charge is 2.00 e. The number of carbonyl (C=O) groups is 2. The first kappa shape index (κ1) is 23.9. The summed E-state index contributed by atoms with van der Waals surface area (Å²) in [6.07, 6.45) is 8.59. The second-order valence-corrected chi connectivity index (χ2v) is 4.37. The average Bonchev–Trinajstić information content (AvgIpc) is 2.31. The van der Waals surface area contributed by atoms with Gasteiger partial charge in [0.15, 0.2) is 0 Å². The van der Waals surface area contributed by atoms with E-state index in [9.17, 15) is 19.8 Å². The van der Waals surface area contributed by atoms with E-state index in [0.29, 0.717) is 0 Å². The van der Waals surface area contributed by atoms with Gasteiger partial charge in [0.1, 0.15) is 0 Å². The Morgan fingerprint density at radius 3 is 1.21 bits per heavy atom.